The summed E-state index contributed by atoms with van der Waals surface area (Å²) in [6, 6.07) is 17.1. The molecule has 2 aromatic rings. The lowest BCUT2D eigenvalue weighted by Crippen LogP contribution is -2.27. The van der Waals surface area contributed by atoms with E-state index in [2.05, 4.69) is 15.8 Å². The van der Waals surface area contributed by atoms with Crippen molar-refractivity contribution in [1.29, 1.82) is 0 Å². The van der Waals surface area contributed by atoms with Crippen LogP contribution < -0.4 is 10.7 Å². The van der Waals surface area contributed by atoms with Crippen molar-refractivity contribution in [3.05, 3.63) is 71.3 Å². The van der Waals surface area contributed by atoms with E-state index >= 15 is 0 Å². The zero-order chi connectivity index (χ0) is 16.9. The highest BCUT2D eigenvalue weighted by molar-refractivity contribution is 6.05. The van der Waals surface area contributed by atoms with E-state index in [0.717, 1.165) is 16.8 Å². The van der Waals surface area contributed by atoms with Gasteiger partial charge in [0.05, 0.1) is 11.8 Å². The summed E-state index contributed by atoms with van der Waals surface area (Å²) in [5, 5.41) is 7.05. The Balaban J connectivity index is 1.67. The number of carbonyl (C=O) groups is 2. The minimum absolute atomic E-state index is 0.0590. The van der Waals surface area contributed by atoms with Crippen LogP contribution in [0, 0.1) is 0 Å². The van der Waals surface area contributed by atoms with Gasteiger partial charge in [0.1, 0.15) is 0 Å². The highest BCUT2D eigenvalue weighted by atomic mass is 16.2. The molecule has 0 fully saturated rings. The van der Waals surface area contributed by atoms with Crippen LogP contribution in [0.5, 0.6) is 0 Å². The van der Waals surface area contributed by atoms with Gasteiger partial charge in [-0.1, -0.05) is 42.5 Å². The second kappa shape index (κ2) is 7.08. The summed E-state index contributed by atoms with van der Waals surface area (Å²) in [6.07, 6.45) is 1.05. The van der Waals surface area contributed by atoms with E-state index in [-0.39, 0.29) is 17.9 Å². The number of nitrogens with one attached hydrogen (secondary N) is 2. The van der Waals surface area contributed by atoms with Crippen LogP contribution in [-0.2, 0) is 4.79 Å². The zero-order valence-corrected chi connectivity index (χ0v) is 13.5. The summed E-state index contributed by atoms with van der Waals surface area (Å²) in [4.78, 5) is 23.5. The minimum Gasteiger partial charge on any atom is -0.346 e. The molecule has 1 atom stereocenters. The predicted molar refractivity (Wildman–Crippen MR) is 92.7 cm³/mol. The number of hydrogen-bond donors (Lipinski definition) is 2. The molecule has 3 rings (SSSR count). The third-order valence-electron chi connectivity index (χ3n) is 4.03. The van der Waals surface area contributed by atoms with Crippen molar-refractivity contribution in [1.82, 2.24) is 10.7 Å². The van der Waals surface area contributed by atoms with E-state index in [1.165, 1.54) is 0 Å². The van der Waals surface area contributed by atoms with Crippen LogP contribution in [0.15, 0.2) is 59.7 Å². The lowest BCUT2D eigenvalue weighted by Gasteiger charge is -2.15. The van der Waals surface area contributed by atoms with Crippen molar-refractivity contribution >= 4 is 17.5 Å². The number of rotatable bonds is 4. The average Bonchev–Trinajstić information content (AvgIpc) is 2.63. The van der Waals surface area contributed by atoms with Crippen LogP contribution in [0.4, 0.5) is 0 Å². The Kier molecular flexibility index (Phi) is 4.70. The smallest absolute Gasteiger partial charge is 0.251 e. The van der Waals surface area contributed by atoms with Crippen LogP contribution in [-0.4, -0.2) is 17.5 Å². The normalized spacial score (nSPS) is 15.2. The van der Waals surface area contributed by atoms with E-state index in [0.29, 0.717) is 18.4 Å². The van der Waals surface area contributed by atoms with Gasteiger partial charge in [0.25, 0.3) is 5.91 Å². The predicted octanol–water partition coefficient (Wildman–Crippen LogP) is 2.79. The van der Waals surface area contributed by atoms with Crippen LogP contribution in [0.2, 0.25) is 0 Å². The second-order valence-electron chi connectivity index (χ2n) is 5.78. The largest absolute Gasteiger partial charge is 0.346 e. The maximum atomic E-state index is 12.4. The summed E-state index contributed by atoms with van der Waals surface area (Å²) in [7, 11) is 0. The molecule has 1 aliphatic rings. The van der Waals surface area contributed by atoms with E-state index in [4.69, 9.17) is 0 Å². The Morgan fingerprint density at radius 3 is 2.42 bits per heavy atom. The number of benzene rings is 2. The quantitative estimate of drug-likeness (QED) is 0.909. The molecule has 2 amide bonds. The van der Waals surface area contributed by atoms with Crippen LogP contribution >= 0.6 is 0 Å². The summed E-state index contributed by atoms with van der Waals surface area (Å²) >= 11 is 0. The molecule has 1 aliphatic heterocycles. The number of carbonyl (C=O) groups excluding carboxylic acids is 2. The van der Waals surface area contributed by atoms with Gasteiger partial charge in [-0.15, -0.1) is 0 Å². The minimum atomic E-state index is -0.114. The third-order valence-corrected chi connectivity index (χ3v) is 4.03. The van der Waals surface area contributed by atoms with Crippen molar-refractivity contribution in [2.24, 2.45) is 5.10 Å². The lowest BCUT2D eigenvalue weighted by molar-refractivity contribution is -0.121. The molecule has 2 aromatic carbocycles. The van der Waals surface area contributed by atoms with Gasteiger partial charge in [-0.05, 0) is 30.2 Å². The van der Waals surface area contributed by atoms with Gasteiger partial charge in [0.15, 0.2) is 0 Å². The van der Waals surface area contributed by atoms with Crippen LogP contribution in [0.3, 0.4) is 0 Å². The molecule has 2 N–H and O–H groups in total. The lowest BCUT2D eigenvalue weighted by atomic mass is 10.0. The first-order valence-corrected chi connectivity index (χ1v) is 7.95. The molecule has 0 radical (unpaired) electrons. The maximum Gasteiger partial charge on any atom is 0.251 e. The van der Waals surface area contributed by atoms with E-state index < -0.39 is 0 Å². The standard InChI is InChI=1S/C19H19N3O2/c1-13(14-5-3-2-4-6-14)20-19(24)16-9-7-15(8-10-16)17-11-12-18(23)22-21-17/h2-10,13H,11-12H2,1H3,(H,20,24)(H,22,23). The fourth-order valence-corrected chi connectivity index (χ4v) is 2.60. The number of hydrazone groups is 1. The molecule has 5 nitrogen and oxygen atoms in total. The molecular formula is C19H19N3O2. The zero-order valence-electron chi connectivity index (χ0n) is 13.5. The van der Waals surface area contributed by atoms with Gasteiger partial charge in [-0.3, -0.25) is 9.59 Å². The molecule has 0 aromatic heterocycles. The molecule has 0 bridgehead atoms. The van der Waals surface area contributed by atoms with Crippen molar-refractivity contribution in [2.75, 3.05) is 0 Å². The first kappa shape index (κ1) is 15.9. The molecule has 1 heterocycles. The van der Waals surface area contributed by atoms with Gasteiger partial charge in [0, 0.05) is 18.4 Å². The van der Waals surface area contributed by atoms with E-state index in [1.54, 1.807) is 12.1 Å². The molecule has 0 aliphatic carbocycles. The fraction of sp³-hybridized carbons (Fsp3) is 0.211. The molecule has 24 heavy (non-hydrogen) atoms. The molecule has 0 spiro atoms. The molecular weight excluding hydrogens is 302 g/mol. The summed E-state index contributed by atoms with van der Waals surface area (Å²) in [5.74, 6) is -0.179. The van der Waals surface area contributed by atoms with E-state index in [9.17, 15) is 9.59 Å². The highest BCUT2D eigenvalue weighted by Gasteiger charge is 2.15. The fourth-order valence-electron chi connectivity index (χ4n) is 2.60. The van der Waals surface area contributed by atoms with Crippen molar-refractivity contribution in [3.63, 3.8) is 0 Å². The van der Waals surface area contributed by atoms with E-state index in [1.807, 2.05) is 49.4 Å². The maximum absolute atomic E-state index is 12.4. The van der Waals surface area contributed by atoms with Gasteiger partial charge >= 0.3 is 0 Å². The average molecular weight is 321 g/mol. The van der Waals surface area contributed by atoms with Gasteiger partial charge in [-0.25, -0.2) is 5.43 Å². The van der Waals surface area contributed by atoms with Crippen LogP contribution in [0.1, 0.15) is 47.3 Å². The van der Waals surface area contributed by atoms with Crippen molar-refractivity contribution in [2.45, 2.75) is 25.8 Å². The Hall–Kier alpha value is -2.95. The monoisotopic (exact) mass is 321 g/mol. The van der Waals surface area contributed by atoms with Crippen LogP contribution in [0.25, 0.3) is 0 Å². The van der Waals surface area contributed by atoms with Gasteiger partial charge < -0.3 is 5.32 Å². The molecule has 1 unspecified atom stereocenters. The van der Waals surface area contributed by atoms with Gasteiger partial charge in [-0.2, -0.15) is 5.10 Å². The SMILES string of the molecule is CC(NC(=O)c1ccc(C2=NNC(=O)CC2)cc1)c1ccccc1. The Bertz CT molecular complexity index is 767. The summed E-state index contributed by atoms with van der Waals surface area (Å²) < 4.78 is 0. The first-order valence-electron chi connectivity index (χ1n) is 7.95. The Labute approximate surface area is 140 Å². The third kappa shape index (κ3) is 3.68. The molecule has 122 valence electrons. The van der Waals surface area contributed by atoms with Crippen molar-refractivity contribution < 1.29 is 9.59 Å². The Morgan fingerprint density at radius 2 is 1.79 bits per heavy atom. The Morgan fingerprint density at radius 1 is 1.08 bits per heavy atom. The number of hydrogen-bond acceptors (Lipinski definition) is 3. The molecule has 0 saturated heterocycles. The van der Waals surface area contributed by atoms with Gasteiger partial charge in [0.2, 0.25) is 5.91 Å². The van der Waals surface area contributed by atoms with Crippen molar-refractivity contribution in [3.8, 4) is 0 Å². The second-order valence-corrected chi connectivity index (χ2v) is 5.78. The number of nitrogens with zero attached hydrogens (tertiary/aromatic N) is 1. The topological polar surface area (TPSA) is 70.6 Å². The number of amides is 2. The summed E-state index contributed by atoms with van der Waals surface area (Å²) in [5.41, 5.74) is 5.90. The molecule has 0 saturated carbocycles. The highest BCUT2D eigenvalue weighted by Crippen LogP contribution is 2.14. The first-order chi connectivity index (χ1) is 11.6. The summed E-state index contributed by atoms with van der Waals surface area (Å²) in [6.45, 7) is 1.96. The molecule has 5 heteroatoms.